The molecule has 0 saturated heterocycles. The molecule has 1 aromatic carbocycles. The Morgan fingerprint density at radius 2 is 2.15 bits per heavy atom. The molecule has 0 aliphatic carbocycles. The summed E-state index contributed by atoms with van der Waals surface area (Å²) in [6.07, 6.45) is -0.642. The second-order valence-electron chi connectivity index (χ2n) is 4.20. The molecule has 0 spiro atoms. The van der Waals surface area contributed by atoms with Crippen LogP contribution in [-0.4, -0.2) is 46.0 Å². The number of anilines is 1. The highest BCUT2D eigenvalue weighted by molar-refractivity contribution is 5.94. The van der Waals surface area contributed by atoms with Gasteiger partial charge in [0.2, 0.25) is 0 Å². The van der Waals surface area contributed by atoms with E-state index in [2.05, 4.69) is 5.32 Å². The molecule has 0 saturated carbocycles. The van der Waals surface area contributed by atoms with E-state index < -0.39 is 6.10 Å². The SMILES string of the molecule is COCCOCc1cccc(NC(=O)C(CN)OC)c1. The van der Waals surface area contributed by atoms with Gasteiger partial charge in [0.25, 0.3) is 5.91 Å². The van der Waals surface area contributed by atoms with Gasteiger partial charge in [-0.25, -0.2) is 0 Å². The summed E-state index contributed by atoms with van der Waals surface area (Å²) in [5.74, 6) is -0.257. The monoisotopic (exact) mass is 282 g/mol. The largest absolute Gasteiger partial charge is 0.382 e. The first kappa shape index (κ1) is 16.6. The minimum atomic E-state index is -0.642. The van der Waals surface area contributed by atoms with E-state index in [4.69, 9.17) is 19.9 Å². The van der Waals surface area contributed by atoms with E-state index >= 15 is 0 Å². The van der Waals surface area contributed by atoms with Gasteiger partial charge < -0.3 is 25.3 Å². The van der Waals surface area contributed by atoms with Crippen molar-refractivity contribution in [2.75, 3.05) is 39.3 Å². The summed E-state index contributed by atoms with van der Waals surface area (Å²) in [4.78, 5) is 11.8. The van der Waals surface area contributed by atoms with E-state index in [1.807, 2.05) is 18.2 Å². The number of rotatable bonds is 9. The predicted octanol–water partition coefficient (Wildman–Crippen LogP) is 0.762. The molecule has 0 aromatic heterocycles. The fourth-order valence-electron chi connectivity index (χ4n) is 1.60. The van der Waals surface area contributed by atoms with Crippen LogP contribution in [0.1, 0.15) is 5.56 Å². The molecule has 0 heterocycles. The summed E-state index contributed by atoms with van der Waals surface area (Å²) in [5, 5.41) is 2.76. The van der Waals surface area contributed by atoms with Gasteiger partial charge in [-0.05, 0) is 17.7 Å². The molecule has 0 aliphatic rings. The van der Waals surface area contributed by atoms with Gasteiger partial charge in [0.15, 0.2) is 0 Å². The normalized spacial score (nSPS) is 12.2. The average molecular weight is 282 g/mol. The van der Waals surface area contributed by atoms with Crippen molar-refractivity contribution < 1.29 is 19.0 Å². The molecular formula is C14H22N2O4. The zero-order valence-corrected chi connectivity index (χ0v) is 11.9. The van der Waals surface area contributed by atoms with Crippen molar-refractivity contribution in [1.82, 2.24) is 0 Å². The zero-order valence-electron chi connectivity index (χ0n) is 11.9. The van der Waals surface area contributed by atoms with Crippen LogP contribution in [-0.2, 0) is 25.6 Å². The zero-order chi connectivity index (χ0) is 14.8. The minimum Gasteiger partial charge on any atom is -0.382 e. The van der Waals surface area contributed by atoms with Crippen molar-refractivity contribution in [2.24, 2.45) is 5.73 Å². The number of nitrogens with one attached hydrogen (secondary N) is 1. The van der Waals surface area contributed by atoms with Crippen LogP contribution < -0.4 is 11.1 Å². The molecular weight excluding hydrogens is 260 g/mol. The second kappa shape index (κ2) is 9.44. The molecule has 20 heavy (non-hydrogen) atoms. The second-order valence-corrected chi connectivity index (χ2v) is 4.20. The first-order chi connectivity index (χ1) is 9.71. The molecule has 0 bridgehead atoms. The third-order valence-corrected chi connectivity index (χ3v) is 2.69. The van der Waals surface area contributed by atoms with Crippen molar-refractivity contribution in [3.8, 4) is 0 Å². The van der Waals surface area contributed by atoms with E-state index in [-0.39, 0.29) is 12.5 Å². The summed E-state index contributed by atoms with van der Waals surface area (Å²) in [6, 6.07) is 7.45. The molecule has 1 rings (SSSR count). The van der Waals surface area contributed by atoms with Crippen molar-refractivity contribution in [1.29, 1.82) is 0 Å². The van der Waals surface area contributed by atoms with Crippen LogP contribution in [0, 0.1) is 0 Å². The van der Waals surface area contributed by atoms with Crippen LogP contribution >= 0.6 is 0 Å². The summed E-state index contributed by atoms with van der Waals surface area (Å²) in [7, 11) is 3.08. The van der Waals surface area contributed by atoms with Crippen LogP contribution in [0.3, 0.4) is 0 Å². The fraction of sp³-hybridized carbons (Fsp3) is 0.500. The number of amides is 1. The molecule has 0 fully saturated rings. The maximum atomic E-state index is 11.8. The van der Waals surface area contributed by atoms with Crippen molar-refractivity contribution in [3.63, 3.8) is 0 Å². The Labute approximate surface area is 119 Å². The van der Waals surface area contributed by atoms with Crippen LogP contribution in [0.4, 0.5) is 5.69 Å². The van der Waals surface area contributed by atoms with Gasteiger partial charge in [-0.1, -0.05) is 12.1 Å². The standard InChI is InChI=1S/C14H22N2O4/c1-18-6-7-20-10-11-4-3-5-12(8-11)16-14(17)13(9-15)19-2/h3-5,8,13H,6-7,9-10,15H2,1-2H3,(H,16,17). The van der Waals surface area contributed by atoms with Gasteiger partial charge in [0.1, 0.15) is 6.10 Å². The summed E-state index contributed by atoms with van der Waals surface area (Å²) in [6.45, 7) is 1.70. The Kier molecular flexibility index (Phi) is 7.82. The minimum absolute atomic E-state index is 0.141. The molecule has 6 heteroatoms. The molecule has 0 radical (unpaired) electrons. The molecule has 1 aromatic rings. The van der Waals surface area contributed by atoms with Crippen LogP contribution in [0.25, 0.3) is 0 Å². The Balaban J connectivity index is 2.52. The molecule has 6 nitrogen and oxygen atoms in total. The highest BCUT2D eigenvalue weighted by Crippen LogP contribution is 2.12. The maximum absolute atomic E-state index is 11.8. The predicted molar refractivity (Wildman–Crippen MR) is 76.5 cm³/mol. The maximum Gasteiger partial charge on any atom is 0.254 e. The number of hydrogen-bond acceptors (Lipinski definition) is 5. The Morgan fingerprint density at radius 3 is 2.80 bits per heavy atom. The van der Waals surface area contributed by atoms with E-state index in [1.165, 1.54) is 7.11 Å². The third-order valence-electron chi connectivity index (χ3n) is 2.69. The lowest BCUT2D eigenvalue weighted by molar-refractivity contribution is -0.125. The van der Waals surface area contributed by atoms with Crippen molar-refractivity contribution in [3.05, 3.63) is 29.8 Å². The molecule has 3 N–H and O–H groups in total. The topological polar surface area (TPSA) is 82.8 Å². The number of carbonyl (C=O) groups excluding carboxylic acids is 1. The lowest BCUT2D eigenvalue weighted by atomic mass is 10.2. The van der Waals surface area contributed by atoms with E-state index in [9.17, 15) is 4.79 Å². The van der Waals surface area contributed by atoms with Gasteiger partial charge in [0, 0.05) is 26.5 Å². The average Bonchev–Trinajstić information content (AvgIpc) is 2.45. The van der Waals surface area contributed by atoms with Gasteiger partial charge in [-0.3, -0.25) is 4.79 Å². The molecule has 112 valence electrons. The van der Waals surface area contributed by atoms with Crippen molar-refractivity contribution >= 4 is 11.6 Å². The number of nitrogens with two attached hydrogens (primary N) is 1. The summed E-state index contributed by atoms with van der Waals surface area (Å²) < 4.78 is 15.3. The van der Waals surface area contributed by atoms with Gasteiger partial charge in [-0.15, -0.1) is 0 Å². The Hall–Kier alpha value is -1.47. The highest BCUT2D eigenvalue weighted by Gasteiger charge is 2.15. The first-order valence-corrected chi connectivity index (χ1v) is 6.40. The van der Waals surface area contributed by atoms with Crippen LogP contribution in [0.5, 0.6) is 0 Å². The lowest BCUT2D eigenvalue weighted by Crippen LogP contribution is -2.35. The lowest BCUT2D eigenvalue weighted by Gasteiger charge is -2.13. The third kappa shape index (κ3) is 5.66. The number of carbonyl (C=O) groups is 1. The molecule has 1 unspecified atom stereocenters. The number of methoxy groups -OCH3 is 2. The summed E-state index contributed by atoms with van der Waals surface area (Å²) >= 11 is 0. The van der Waals surface area contributed by atoms with E-state index in [0.29, 0.717) is 25.5 Å². The highest BCUT2D eigenvalue weighted by atomic mass is 16.5. The van der Waals surface area contributed by atoms with E-state index in [0.717, 1.165) is 5.56 Å². The smallest absolute Gasteiger partial charge is 0.254 e. The quantitative estimate of drug-likeness (QED) is 0.653. The molecule has 1 atom stereocenters. The number of ether oxygens (including phenoxy) is 3. The Morgan fingerprint density at radius 1 is 1.35 bits per heavy atom. The van der Waals surface area contributed by atoms with E-state index in [1.54, 1.807) is 13.2 Å². The first-order valence-electron chi connectivity index (χ1n) is 6.40. The van der Waals surface area contributed by atoms with Crippen LogP contribution in [0.2, 0.25) is 0 Å². The van der Waals surface area contributed by atoms with Crippen LogP contribution in [0.15, 0.2) is 24.3 Å². The van der Waals surface area contributed by atoms with Gasteiger partial charge in [-0.2, -0.15) is 0 Å². The molecule has 0 aliphatic heterocycles. The molecule has 1 amide bonds. The fourth-order valence-corrected chi connectivity index (χ4v) is 1.60. The van der Waals surface area contributed by atoms with Gasteiger partial charge in [0.05, 0.1) is 19.8 Å². The number of hydrogen-bond donors (Lipinski definition) is 2. The number of benzene rings is 1. The summed E-state index contributed by atoms with van der Waals surface area (Å²) in [5.41, 5.74) is 7.11. The Bertz CT molecular complexity index is 408. The van der Waals surface area contributed by atoms with Crippen molar-refractivity contribution in [2.45, 2.75) is 12.7 Å². The van der Waals surface area contributed by atoms with Gasteiger partial charge >= 0.3 is 0 Å².